The normalized spacial score (nSPS) is 17.6. The molecule has 218 valence electrons. The maximum absolute atomic E-state index is 12.7. The third-order valence-corrected chi connectivity index (χ3v) is 6.19. The lowest BCUT2D eigenvalue weighted by Crippen LogP contribution is -2.49. The number of carbonyl (C=O) groups excluding carboxylic acids is 4. The topological polar surface area (TPSA) is 99.7 Å². The summed E-state index contributed by atoms with van der Waals surface area (Å²) in [6.45, 7) is 14.3. The number of carbonyl (C=O) groups is 4. The van der Waals surface area contributed by atoms with Gasteiger partial charge < -0.3 is 9.47 Å². The van der Waals surface area contributed by atoms with Crippen molar-refractivity contribution in [2.45, 2.75) is 46.8 Å². The van der Waals surface area contributed by atoms with Crippen molar-refractivity contribution in [1.29, 1.82) is 0 Å². The molecule has 0 saturated carbocycles. The highest BCUT2D eigenvalue weighted by Crippen LogP contribution is 2.09. The number of benzene rings is 1. The second-order valence-corrected chi connectivity index (χ2v) is 11.2. The monoisotopic (exact) mass is 546 g/mol. The lowest BCUT2D eigenvalue weighted by Gasteiger charge is -2.33. The van der Waals surface area contributed by atoms with Crippen molar-refractivity contribution in [1.82, 2.24) is 19.6 Å². The first-order chi connectivity index (χ1) is 18.4. The second kappa shape index (κ2) is 16.4. The van der Waals surface area contributed by atoms with Crippen LogP contribution in [-0.2, 0) is 35.3 Å². The number of hydrogen-bond acceptors (Lipinski definition) is 10. The van der Waals surface area contributed by atoms with E-state index in [1.54, 1.807) is 13.8 Å². The third-order valence-electron chi connectivity index (χ3n) is 6.19. The van der Waals surface area contributed by atoms with Crippen LogP contribution >= 0.6 is 0 Å². The zero-order chi connectivity index (χ0) is 28.8. The maximum Gasteiger partial charge on any atom is 0.320 e. The Kier molecular flexibility index (Phi) is 13.7. The van der Waals surface area contributed by atoms with E-state index in [1.165, 1.54) is 0 Å². The van der Waals surface area contributed by atoms with E-state index in [4.69, 9.17) is 9.47 Å². The molecule has 0 aromatic heterocycles. The number of ether oxygens (including phenoxy) is 2. The summed E-state index contributed by atoms with van der Waals surface area (Å²) < 4.78 is 11.1. The fraction of sp³-hybridized carbons (Fsp3) is 0.655. The van der Waals surface area contributed by atoms with Gasteiger partial charge in [0.1, 0.15) is 23.8 Å². The Hall–Kier alpha value is -2.66. The molecule has 1 fully saturated rings. The van der Waals surface area contributed by atoms with Crippen LogP contribution in [0.15, 0.2) is 30.3 Å². The van der Waals surface area contributed by atoms with Gasteiger partial charge in [-0.2, -0.15) is 0 Å². The Morgan fingerprint density at radius 1 is 0.641 bits per heavy atom. The summed E-state index contributed by atoms with van der Waals surface area (Å²) in [4.78, 5) is 57.3. The molecule has 1 heterocycles. The molecule has 0 radical (unpaired) electrons. The molecular weight excluding hydrogens is 500 g/mol. The number of Topliss-reactive ketones (excluding diaryl/α,β-unsaturated/α-hetero) is 2. The predicted octanol–water partition coefficient (Wildman–Crippen LogP) is 1.47. The summed E-state index contributed by atoms with van der Waals surface area (Å²) in [7, 11) is 0. The van der Waals surface area contributed by atoms with Crippen LogP contribution < -0.4 is 0 Å². The van der Waals surface area contributed by atoms with Crippen LogP contribution in [-0.4, -0.2) is 127 Å². The summed E-state index contributed by atoms with van der Waals surface area (Å²) in [5, 5.41) is 0. The van der Waals surface area contributed by atoms with Gasteiger partial charge >= 0.3 is 11.9 Å². The minimum atomic E-state index is -0.584. The Morgan fingerprint density at radius 2 is 1.03 bits per heavy atom. The fourth-order valence-electron chi connectivity index (χ4n) is 4.36. The highest BCUT2D eigenvalue weighted by atomic mass is 16.6. The summed E-state index contributed by atoms with van der Waals surface area (Å²) in [5.74, 6) is -0.499. The first-order valence-corrected chi connectivity index (χ1v) is 13.7. The van der Waals surface area contributed by atoms with E-state index >= 15 is 0 Å². The van der Waals surface area contributed by atoms with Gasteiger partial charge in [-0.05, 0) is 40.2 Å². The van der Waals surface area contributed by atoms with Gasteiger partial charge in [-0.15, -0.1) is 0 Å². The van der Waals surface area contributed by atoms with Crippen LogP contribution in [0.3, 0.4) is 0 Å². The van der Waals surface area contributed by atoms with Gasteiger partial charge in [0.2, 0.25) is 0 Å². The highest BCUT2D eigenvalue weighted by Gasteiger charge is 2.23. The van der Waals surface area contributed by atoms with Crippen LogP contribution in [0.25, 0.3) is 0 Å². The molecule has 1 aromatic rings. The van der Waals surface area contributed by atoms with Gasteiger partial charge in [-0.1, -0.05) is 30.3 Å². The number of nitrogens with zero attached hydrogens (tertiary/aromatic N) is 4. The summed E-state index contributed by atoms with van der Waals surface area (Å²) >= 11 is 0. The molecule has 0 spiro atoms. The van der Waals surface area contributed by atoms with Crippen LogP contribution in [0.1, 0.15) is 40.2 Å². The van der Waals surface area contributed by atoms with E-state index in [1.807, 2.05) is 60.9 Å². The minimum Gasteiger partial charge on any atom is -0.460 e. The molecule has 1 aromatic carbocycles. The highest BCUT2D eigenvalue weighted by molar-refractivity contribution is 5.78. The zero-order valence-corrected chi connectivity index (χ0v) is 24.3. The van der Waals surface area contributed by atoms with Crippen LogP contribution in [0.2, 0.25) is 0 Å². The second-order valence-electron chi connectivity index (χ2n) is 11.2. The fourth-order valence-corrected chi connectivity index (χ4v) is 4.36. The molecule has 0 N–H and O–H groups in total. The van der Waals surface area contributed by atoms with Gasteiger partial charge in [0.15, 0.2) is 0 Å². The Bertz CT molecular complexity index is 933. The number of rotatable bonds is 10. The molecule has 10 heteroatoms. The van der Waals surface area contributed by atoms with Gasteiger partial charge in [0.05, 0.1) is 26.2 Å². The summed E-state index contributed by atoms with van der Waals surface area (Å²) in [5.41, 5.74) is 0.338. The molecule has 0 aliphatic carbocycles. The Labute approximate surface area is 233 Å². The molecule has 0 atom stereocenters. The number of hydrogen-bond donors (Lipinski definition) is 0. The summed E-state index contributed by atoms with van der Waals surface area (Å²) in [6, 6.07) is 9.54. The van der Waals surface area contributed by atoms with E-state index in [2.05, 4.69) is 9.80 Å². The van der Waals surface area contributed by atoms with E-state index in [-0.39, 0.29) is 43.2 Å². The van der Waals surface area contributed by atoms with Crippen molar-refractivity contribution in [3.8, 4) is 0 Å². The van der Waals surface area contributed by atoms with Gasteiger partial charge in [-0.25, -0.2) is 0 Å². The van der Waals surface area contributed by atoms with Gasteiger partial charge in [0, 0.05) is 52.4 Å². The third kappa shape index (κ3) is 14.9. The van der Waals surface area contributed by atoms with Crippen molar-refractivity contribution >= 4 is 23.5 Å². The van der Waals surface area contributed by atoms with Gasteiger partial charge in [-0.3, -0.25) is 38.8 Å². The lowest BCUT2D eigenvalue weighted by atomic mass is 10.2. The quantitative estimate of drug-likeness (QED) is 0.401. The summed E-state index contributed by atoms with van der Waals surface area (Å²) in [6.07, 6.45) is 0. The van der Waals surface area contributed by atoms with Crippen molar-refractivity contribution in [3.63, 3.8) is 0 Å². The maximum atomic E-state index is 12.7. The number of esters is 2. The van der Waals surface area contributed by atoms with Crippen LogP contribution in [0, 0.1) is 0 Å². The average molecular weight is 547 g/mol. The molecule has 1 aliphatic heterocycles. The van der Waals surface area contributed by atoms with E-state index in [9.17, 15) is 19.2 Å². The van der Waals surface area contributed by atoms with E-state index in [0.717, 1.165) is 5.56 Å². The van der Waals surface area contributed by atoms with Crippen LogP contribution in [0.4, 0.5) is 0 Å². The van der Waals surface area contributed by atoms with E-state index < -0.39 is 5.60 Å². The molecule has 0 bridgehead atoms. The van der Waals surface area contributed by atoms with Crippen LogP contribution in [0.5, 0.6) is 0 Å². The smallest absolute Gasteiger partial charge is 0.320 e. The average Bonchev–Trinajstić information content (AvgIpc) is 2.83. The lowest BCUT2D eigenvalue weighted by molar-refractivity contribution is -0.156. The Balaban J connectivity index is 2.12. The Morgan fingerprint density at radius 3 is 1.41 bits per heavy atom. The standard InChI is InChI=1S/C29H46N4O6/c1-24(34)19-30-11-12-31(20-25(2)35)14-16-33(22-28(37)39-29(3,4)5)18-17-32(15-13-30)21-27(36)38-23-26-9-7-6-8-10-26/h6-10H,11-23H2,1-5H3. The largest absolute Gasteiger partial charge is 0.460 e. The molecule has 1 aliphatic rings. The molecule has 0 unspecified atom stereocenters. The molecule has 2 rings (SSSR count). The number of ketones is 2. The predicted molar refractivity (Wildman–Crippen MR) is 149 cm³/mol. The molecule has 10 nitrogen and oxygen atoms in total. The molecule has 39 heavy (non-hydrogen) atoms. The molecular formula is C29H46N4O6. The van der Waals surface area contributed by atoms with Crippen molar-refractivity contribution < 1.29 is 28.7 Å². The van der Waals surface area contributed by atoms with Crippen molar-refractivity contribution in [2.24, 2.45) is 0 Å². The van der Waals surface area contributed by atoms with Crippen molar-refractivity contribution in [3.05, 3.63) is 35.9 Å². The minimum absolute atomic E-state index is 0.0672. The molecule has 0 amide bonds. The molecule has 1 saturated heterocycles. The SMILES string of the molecule is CC(=O)CN1CCN(CC(C)=O)CCN(CC(=O)OC(C)(C)C)CCN(CC(=O)OCc2ccccc2)CC1. The zero-order valence-electron chi connectivity index (χ0n) is 24.3. The van der Waals surface area contributed by atoms with Crippen molar-refractivity contribution in [2.75, 3.05) is 78.5 Å². The first kappa shape index (κ1) is 32.6. The first-order valence-electron chi connectivity index (χ1n) is 13.7. The van der Waals surface area contributed by atoms with Gasteiger partial charge in [0.25, 0.3) is 0 Å². The van der Waals surface area contributed by atoms with E-state index in [0.29, 0.717) is 65.4 Å².